The first-order valence-corrected chi connectivity index (χ1v) is 6.51. The Morgan fingerprint density at radius 3 is 2.55 bits per heavy atom. The van der Waals surface area contributed by atoms with Crippen molar-refractivity contribution in [1.82, 2.24) is 5.32 Å². The molecule has 0 bridgehead atoms. The van der Waals surface area contributed by atoms with E-state index in [-0.39, 0.29) is 17.9 Å². The molecule has 104 valence electrons. The van der Waals surface area contributed by atoms with Crippen LogP contribution in [0.5, 0.6) is 0 Å². The Morgan fingerprint density at radius 2 is 1.90 bits per heavy atom. The van der Waals surface area contributed by atoms with E-state index in [1.807, 2.05) is 6.92 Å². The Hall–Kier alpha value is -2.07. The summed E-state index contributed by atoms with van der Waals surface area (Å²) in [6, 6.07) is 12.3. The molecular weight excluding hydrogens is 279 g/mol. The molecule has 0 saturated heterocycles. The summed E-state index contributed by atoms with van der Waals surface area (Å²) in [5.41, 5.74) is 1.44. The summed E-state index contributed by atoms with van der Waals surface area (Å²) in [5.74, 6) is -0.302. The van der Waals surface area contributed by atoms with Crippen molar-refractivity contribution in [1.29, 1.82) is 0 Å². The zero-order valence-corrected chi connectivity index (χ0v) is 11.6. The predicted molar refractivity (Wildman–Crippen MR) is 78.4 cm³/mol. The highest BCUT2D eigenvalue weighted by Crippen LogP contribution is 2.16. The van der Waals surface area contributed by atoms with Gasteiger partial charge in [0, 0.05) is 10.7 Å². The van der Waals surface area contributed by atoms with Gasteiger partial charge >= 0.3 is 6.03 Å². The molecule has 2 N–H and O–H groups in total. The van der Waals surface area contributed by atoms with Crippen LogP contribution in [-0.2, 0) is 0 Å². The van der Waals surface area contributed by atoms with Gasteiger partial charge in [-0.1, -0.05) is 29.8 Å². The Kier molecular flexibility index (Phi) is 4.58. The van der Waals surface area contributed by atoms with Crippen molar-refractivity contribution in [2.24, 2.45) is 0 Å². The molecule has 0 unspecified atom stereocenters. The molecule has 2 amide bonds. The summed E-state index contributed by atoms with van der Waals surface area (Å²) >= 11 is 5.84. The lowest BCUT2D eigenvalue weighted by molar-refractivity contribution is 0.249. The Morgan fingerprint density at radius 1 is 1.20 bits per heavy atom. The maximum Gasteiger partial charge on any atom is 0.319 e. The normalized spacial score (nSPS) is 11.8. The lowest BCUT2D eigenvalue weighted by Crippen LogP contribution is -2.31. The number of anilines is 1. The maximum absolute atomic E-state index is 12.8. The second-order valence-electron chi connectivity index (χ2n) is 4.38. The van der Waals surface area contributed by atoms with Crippen molar-refractivity contribution in [3.63, 3.8) is 0 Å². The third-order valence-corrected chi connectivity index (χ3v) is 3.04. The van der Waals surface area contributed by atoms with E-state index < -0.39 is 0 Å². The monoisotopic (exact) mass is 292 g/mol. The molecule has 0 aliphatic rings. The van der Waals surface area contributed by atoms with Crippen LogP contribution in [-0.4, -0.2) is 6.03 Å². The first kappa shape index (κ1) is 14.3. The van der Waals surface area contributed by atoms with Crippen LogP contribution in [0.1, 0.15) is 18.5 Å². The number of rotatable bonds is 3. The molecule has 2 aromatic carbocycles. The quantitative estimate of drug-likeness (QED) is 0.867. The molecular formula is C15H14ClFN2O. The zero-order valence-electron chi connectivity index (χ0n) is 10.9. The van der Waals surface area contributed by atoms with Gasteiger partial charge in [-0.15, -0.1) is 0 Å². The molecule has 5 heteroatoms. The van der Waals surface area contributed by atoms with Crippen LogP contribution < -0.4 is 10.6 Å². The van der Waals surface area contributed by atoms with Crippen LogP contribution in [0.3, 0.4) is 0 Å². The molecule has 0 saturated carbocycles. The molecule has 20 heavy (non-hydrogen) atoms. The third-order valence-electron chi connectivity index (χ3n) is 2.80. The van der Waals surface area contributed by atoms with Crippen molar-refractivity contribution in [2.45, 2.75) is 13.0 Å². The number of urea groups is 1. The number of halogens is 2. The summed E-state index contributed by atoms with van der Waals surface area (Å²) in [4.78, 5) is 11.8. The smallest absolute Gasteiger partial charge is 0.319 e. The molecule has 0 aliphatic heterocycles. The SMILES string of the molecule is C[C@@H](NC(=O)Nc1cccc(Cl)c1)c1ccc(F)cc1. The Labute approximate surface area is 121 Å². The molecule has 0 fully saturated rings. The highest BCUT2D eigenvalue weighted by atomic mass is 35.5. The zero-order chi connectivity index (χ0) is 14.5. The number of carbonyl (C=O) groups is 1. The van der Waals surface area contributed by atoms with E-state index in [9.17, 15) is 9.18 Å². The number of benzene rings is 2. The van der Waals surface area contributed by atoms with Gasteiger partial charge in [0.25, 0.3) is 0 Å². The fourth-order valence-electron chi connectivity index (χ4n) is 1.76. The van der Waals surface area contributed by atoms with Crippen LogP contribution in [0, 0.1) is 5.82 Å². The summed E-state index contributed by atoms with van der Waals surface area (Å²) < 4.78 is 12.8. The number of amides is 2. The first-order chi connectivity index (χ1) is 9.54. The van der Waals surface area contributed by atoms with E-state index in [2.05, 4.69) is 10.6 Å². The van der Waals surface area contributed by atoms with E-state index >= 15 is 0 Å². The van der Waals surface area contributed by atoms with Crippen molar-refractivity contribution >= 4 is 23.3 Å². The van der Waals surface area contributed by atoms with Crippen LogP contribution in [0.4, 0.5) is 14.9 Å². The van der Waals surface area contributed by atoms with Gasteiger partial charge in [0.1, 0.15) is 5.82 Å². The third kappa shape index (κ3) is 3.96. The fraction of sp³-hybridized carbons (Fsp3) is 0.133. The van der Waals surface area contributed by atoms with Gasteiger partial charge in [-0.25, -0.2) is 9.18 Å². The van der Waals surface area contributed by atoms with Crippen LogP contribution >= 0.6 is 11.6 Å². The van der Waals surface area contributed by atoms with Crippen molar-refractivity contribution in [3.8, 4) is 0 Å². The van der Waals surface area contributed by atoms with E-state index in [4.69, 9.17) is 11.6 Å². The Balaban J connectivity index is 1.95. The van der Waals surface area contributed by atoms with Crippen molar-refractivity contribution in [3.05, 3.63) is 64.9 Å². The average molecular weight is 293 g/mol. The first-order valence-electron chi connectivity index (χ1n) is 6.13. The lowest BCUT2D eigenvalue weighted by Gasteiger charge is -2.15. The van der Waals surface area contributed by atoms with E-state index in [1.165, 1.54) is 12.1 Å². The molecule has 3 nitrogen and oxygen atoms in total. The van der Waals surface area contributed by atoms with E-state index in [0.717, 1.165) is 5.56 Å². The molecule has 0 aliphatic carbocycles. The number of hydrogen-bond donors (Lipinski definition) is 2. The summed E-state index contributed by atoms with van der Waals surface area (Å²) in [6.07, 6.45) is 0. The molecule has 0 spiro atoms. The number of carbonyl (C=O) groups excluding carboxylic acids is 1. The largest absolute Gasteiger partial charge is 0.331 e. The van der Waals surface area contributed by atoms with Crippen LogP contribution in [0.15, 0.2) is 48.5 Å². The second kappa shape index (κ2) is 6.39. The minimum absolute atomic E-state index is 0.227. The van der Waals surface area contributed by atoms with Gasteiger partial charge in [0.15, 0.2) is 0 Å². The molecule has 2 aromatic rings. The van der Waals surface area contributed by atoms with E-state index in [0.29, 0.717) is 10.7 Å². The molecule has 0 aromatic heterocycles. The van der Waals surface area contributed by atoms with Crippen molar-refractivity contribution < 1.29 is 9.18 Å². The number of nitrogens with one attached hydrogen (secondary N) is 2. The molecule has 0 heterocycles. The van der Waals surface area contributed by atoms with Gasteiger partial charge in [0.05, 0.1) is 6.04 Å². The van der Waals surface area contributed by atoms with Gasteiger partial charge in [-0.3, -0.25) is 0 Å². The highest BCUT2D eigenvalue weighted by molar-refractivity contribution is 6.30. The van der Waals surface area contributed by atoms with Crippen LogP contribution in [0.2, 0.25) is 5.02 Å². The van der Waals surface area contributed by atoms with E-state index in [1.54, 1.807) is 36.4 Å². The van der Waals surface area contributed by atoms with Gasteiger partial charge < -0.3 is 10.6 Å². The fourth-order valence-corrected chi connectivity index (χ4v) is 1.96. The van der Waals surface area contributed by atoms with Crippen LogP contribution in [0.25, 0.3) is 0 Å². The predicted octanol–water partition coefficient (Wildman–Crippen LogP) is 4.36. The van der Waals surface area contributed by atoms with Gasteiger partial charge in [-0.05, 0) is 42.8 Å². The summed E-state index contributed by atoms with van der Waals surface area (Å²) in [6.45, 7) is 1.82. The standard InChI is InChI=1S/C15H14ClFN2O/c1-10(11-5-7-13(17)8-6-11)18-15(20)19-14-4-2-3-12(16)9-14/h2-10H,1H3,(H2,18,19,20)/t10-/m1/s1. The van der Waals surface area contributed by atoms with Gasteiger partial charge in [-0.2, -0.15) is 0 Å². The molecule has 1 atom stereocenters. The summed E-state index contributed by atoms with van der Waals surface area (Å²) in [5, 5.41) is 6.00. The molecule has 2 rings (SSSR count). The number of hydrogen-bond acceptors (Lipinski definition) is 1. The van der Waals surface area contributed by atoms with Gasteiger partial charge in [0.2, 0.25) is 0 Å². The van der Waals surface area contributed by atoms with Crippen molar-refractivity contribution in [2.75, 3.05) is 5.32 Å². The summed E-state index contributed by atoms with van der Waals surface area (Å²) in [7, 11) is 0. The minimum Gasteiger partial charge on any atom is -0.331 e. The topological polar surface area (TPSA) is 41.1 Å². The highest BCUT2D eigenvalue weighted by Gasteiger charge is 2.09. The average Bonchev–Trinajstić information content (AvgIpc) is 2.39. The minimum atomic E-state index is -0.343. The Bertz CT molecular complexity index is 601. The second-order valence-corrected chi connectivity index (χ2v) is 4.82. The lowest BCUT2D eigenvalue weighted by atomic mass is 10.1. The molecule has 0 radical (unpaired) electrons. The maximum atomic E-state index is 12.8.